The zero-order chi connectivity index (χ0) is 43.2. The van der Waals surface area contributed by atoms with Crippen molar-refractivity contribution in [3.63, 3.8) is 0 Å². The Morgan fingerprint density at radius 2 is 1.12 bits per heavy atom. The Morgan fingerprint density at radius 1 is 0.644 bits per heavy atom. The lowest BCUT2D eigenvalue weighted by Crippen LogP contribution is -2.60. The van der Waals surface area contributed by atoms with Crippen molar-refractivity contribution in [2.75, 3.05) is 26.4 Å². The molecule has 59 heavy (non-hydrogen) atoms. The minimum atomic E-state index is -5.06. The van der Waals surface area contributed by atoms with Crippen LogP contribution in [0.15, 0.2) is 36.5 Å². The van der Waals surface area contributed by atoms with E-state index in [4.69, 9.17) is 23.5 Å². The van der Waals surface area contributed by atoms with Gasteiger partial charge < -0.3 is 34.3 Å². The van der Waals surface area contributed by atoms with Crippen LogP contribution in [-0.4, -0.2) is 97.5 Å². The van der Waals surface area contributed by atoms with Crippen LogP contribution in [0.25, 0.3) is 0 Å². The van der Waals surface area contributed by atoms with Gasteiger partial charge in [0.2, 0.25) is 0 Å². The van der Waals surface area contributed by atoms with E-state index in [1.807, 2.05) is 0 Å². The maximum Gasteiger partial charge on any atom is 0.397 e. The van der Waals surface area contributed by atoms with Gasteiger partial charge in [0.1, 0.15) is 30.5 Å². The highest BCUT2D eigenvalue weighted by Gasteiger charge is 2.48. The van der Waals surface area contributed by atoms with Crippen molar-refractivity contribution in [1.82, 2.24) is 0 Å². The molecular weight excluding hydrogens is 777 g/mol. The zero-order valence-corrected chi connectivity index (χ0v) is 37.6. The fourth-order valence-electron chi connectivity index (χ4n) is 6.97. The summed E-state index contributed by atoms with van der Waals surface area (Å²) in [5.41, 5.74) is 0. The van der Waals surface area contributed by atoms with Crippen molar-refractivity contribution < 1.29 is 56.2 Å². The van der Waals surface area contributed by atoms with Gasteiger partial charge in [-0.25, -0.2) is 4.18 Å². The Balaban J connectivity index is 2.30. The summed E-state index contributed by atoms with van der Waals surface area (Å²) in [6, 6.07) is 0. The van der Waals surface area contributed by atoms with Crippen molar-refractivity contribution >= 4 is 16.4 Å². The highest BCUT2D eigenvalue weighted by molar-refractivity contribution is 7.80. The van der Waals surface area contributed by atoms with Crippen molar-refractivity contribution in [2.45, 2.75) is 224 Å². The lowest BCUT2D eigenvalue weighted by molar-refractivity contribution is -0.301. The molecule has 6 unspecified atom stereocenters. The monoisotopic (exact) mass is 861 g/mol. The normalized spacial score (nSPS) is 20.7. The number of aliphatic hydroxyl groups excluding tert-OH is 3. The van der Waals surface area contributed by atoms with Crippen molar-refractivity contribution in [3.8, 4) is 0 Å². The molecule has 1 heterocycles. The van der Waals surface area contributed by atoms with Crippen molar-refractivity contribution in [3.05, 3.63) is 36.5 Å². The first kappa shape index (κ1) is 55.3. The van der Waals surface area contributed by atoms with Gasteiger partial charge >= 0.3 is 16.4 Å². The highest BCUT2D eigenvalue weighted by atomic mass is 32.3. The Hall–Kier alpha value is -1.68. The number of carbonyl (C=O) groups excluding carboxylic acids is 1. The summed E-state index contributed by atoms with van der Waals surface area (Å²) in [7, 11) is -5.06. The van der Waals surface area contributed by atoms with E-state index in [2.05, 4.69) is 54.5 Å². The molecule has 1 aliphatic heterocycles. The molecule has 1 fully saturated rings. The molecule has 0 aromatic heterocycles. The SMILES string of the molecule is CCCCCCC/C=C\C/C=C\C/C=C\CCCCCCCCCCCOCC(COC1OC(CO)C(O)C(OS(=O)(=O)O)C1O)OC(=O)CCCCCCCCCC. The van der Waals surface area contributed by atoms with Crippen LogP contribution in [0.1, 0.15) is 187 Å². The van der Waals surface area contributed by atoms with E-state index in [9.17, 15) is 28.5 Å². The zero-order valence-electron chi connectivity index (χ0n) is 36.8. The molecule has 12 nitrogen and oxygen atoms in total. The molecule has 4 N–H and O–H groups in total. The summed E-state index contributed by atoms with van der Waals surface area (Å²) in [4.78, 5) is 12.7. The second-order valence-corrected chi connectivity index (χ2v) is 17.0. The molecule has 6 atom stereocenters. The lowest BCUT2D eigenvalue weighted by atomic mass is 9.99. The number of hydrogen-bond donors (Lipinski definition) is 4. The van der Waals surface area contributed by atoms with Gasteiger partial charge in [-0.3, -0.25) is 9.35 Å². The Labute approximate surface area is 358 Å². The highest BCUT2D eigenvalue weighted by Crippen LogP contribution is 2.26. The maximum atomic E-state index is 12.7. The standard InChI is InChI=1S/C46H84O12S/c1-3-5-7-9-11-13-14-15-16-17-18-19-20-21-22-23-24-25-26-27-28-30-32-34-36-54-38-40(56-42(48)35-33-31-29-12-10-8-6-4-2)39-55-46-44(50)45(58-59(51,52)53)43(49)41(37-47)57-46/h14-15,17-18,20-21,40-41,43-47,49-50H,3-13,16,19,22-39H2,1-2H3,(H,51,52,53)/b15-14-,18-17-,21-20-. The van der Waals surface area contributed by atoms with E-state index in [1.54, 1.807) is 0 Å². The molecular formula is C46H84O12S. The molecule has 0 bridgehead atoms. The predicted molar refractivity (Wildman–Crippen MR) is 234 cm³/mol. The summed E-state index contributed by atoms with van der Waals surface area (Å²) >= 11 is 0. The molecule has 1 rings (SSSR count). The second kappa shape index (κ2) is 38.0. The molecule has 0 amide bonds. The molecule has 0 spiro atoms. The minimum Gasteiger partial charge on any atom is -0.457 e. The summed E-state index contributed by atoms with van der Waals surface area (Å²) < 4.78 is 58.9. The van der Waals surface area contributed by atoms with E-state index in [1.165, 1.54) is 103 Å². The number of ether oxygens (including phenoxy) is 4. The molecule has 0 aromatic carbocycles. The quantitative estimate of drug-likeness (QED) is 0.0199. The molecule has 0 aliphatic carbocycles. The van der Waals surface area contributed by atoms with Gasteiger partial charge in [0.25, 0.3) is 0 Å². The largest absolute Gasteiger partial charge is 0.457 e. The smallest absolute Gasteiger partial charge is 0.397 e. The summed E-state index contributed by atoms with van der Waals surface area (Å²) in [5.74, 6) is -0.406. The number of unbranched alkanes of at least 4 members (excludes halogenated alkanes) is 21. The third kappa shape index (κ3) is 31.8. The first-order chi connectivity index (χ1) is 28.6. The molecule has 1 aliphatic rings. The summed E-state index contributed by atoms with van der Waals surface area (Å²) in [6.45, 7) is 3.93. The number of hydrogen-bond acceptors (Lipinski definition) is 11. The van der Waals surface area contributed by atoms with Crippen molar-refractivity contribution in [2.24, 2.45) is 0 Å². The van der Waals surface area contributed by atoms with Crippen LogP contribution in [0.2, 0.25) is 0 Å². The molecule has 13 heteroatoms. The number of carbonyl (C=O) groups is 1. The van der Waals surface area contributed by atoms with Crippen LogP contribution < -0.4 is 0 Å². The molecule has 1 saturated heterocycles. The van der Waals surface area contributed by atoms with E-state index in [-0.39, 0.29) is 19.6 Å². The van der Waals surface area contributed by atoms with Gasteiger partial charge in [-0.05, 0) is 51.4 Å². The first-order valence-electron chi connectivity index (χ1n) is 23.2. The van der Waals surface area contributed by atoms with Gasteiger partial charge in [-0.1, -0.05) is 166 Å². The van der Waals surface area contributed by atoms with Gasteiger partial charge in [0, 0.05) is 13.0 Å². The number of aliphatic hydroxyl groups is 3. The Morgan fingerprint density at radius 3 is 1.63 bits per heavy atom. The van der Waals surface area contributed by atoms with Crippen LogP contribution in [0, 0.1) is 0 Å². The van der Waals surface area contributed by atoms with E-state index in [0.29, 0.717) is 13.0 Å². The van der Waals surface area contributed by atoms with E-state index < -0.39 is 59.8 Å². The summed E-state index contributed by atoms with van der Waals surface area (Å²) in [5, 5.41) is 30.6. The lowest BCUT2D eigenvalue weighted by Gasteiger charge is -2.41. The molecule has 0 radical (unpaired) electrons. The maximum absolute atomic E-state index is 12.7. The third-order valence-electron chi connectivity index (χ3n) is 10.5. The Kier molecular flexibility index (Phi) is 35.7. The van der Waals surface area contributed by atoms with Gasteiger partial charge in [-0.15, -0.1) is 0 Å². The molecule has 346 valence electrons. The Bertz CT molecular complexity index is 1180. The summed E-state index contributed by atoms with van der Waals surface area (Å²) in [6.07, 6.45) is 34.9. The van der Waals surface area contributed by atoms with Crippen LogP contribution >= 0.6 is 0 Å². The minimum absolute atomic E-state index is 0.0336. The topological polar surface area (TPSA) is 178 Å². The van der Waals surface area contributed by atoms with Crippen molar-refractivity contribution in [1.29, 1.82) is 0 Å². The average Bonchev–Trinajstić information content (AvgIpc) is 3.21. The average molecular weight is 861 g/mol. The first-order valence-corrected chi connectivity index (χ1v) is 24.6. The van der Waals surface area contributed by atoms with Crippen LogP contribution in [-0.2, 0) is 38.3 Å². The molecule has 0 aromatic rings. The number of esters is 1. The number of allylic oxidation sites excluding steroid dienone is 6. The second-order valence-electron chi connectivity index (χ2n) is 16.0. The fraction of sp³-hybridized carbons (Fsp3) is 0.848. The fourth-order valence-corrected chi connectivity index (χ4v) is 7.48. The van der Waals surface area contributed by atoms with Crippen LogP contribution in [0.4, 0.5) is 0 Å². The van der Waals surface area contributed by atoms with Gasteiger partial charge in [0.15, 0.2) is 6.29 Å². The third-order valence-corrected chi connectivity index (χ3v) is 11.0. The van der Waals surface area contributed by atoms with E-state index >= 15 is 0 Å². The predicted octanol–water partition coefficient (Wildman–Crippen LogP) is 9.80. The number of rotatable bonds is 40. The van der Waals surface area contributed by atoms with Gasteiger partial charge in [0.05, 0.1) is 19.8 Å². The van der Waals surface area contributed by atoms with Gasteiger partial charge in [-0.2, -0.15) is 8.42 Å². The molecule has 0 saturated carbocycles. The van der Waals surface area contributed by atoms with Crippen LogP contribution in [0.3, 0.4) is 0 Å². The van der Waals surface area contributed by atoms with E-state index in [0.717, 1.165) is 57.8 Å². The van der Waals surface area contributed by atoms with Crippen LogP contribution in [0.5, 0.6) is 0 Å².